The molecule has 2 heterocycles. The zero-order valence-corrected chi connectivity index (χ0v) is 7.57. The minimum absolute atomic E-state index is 0.140. The van der Waals surface area contributed by atoms with Crippen molar-refractivity contribution >= 4 is 5.91 Å². The summed E-state index contributed by atoms with van der Waals surface area (Å²) < 4.78 is 13.3. The van der Waals surface area contributed by atoms with E-state index < -0.39 is 11.7 Å². The number of primary amides is 1. The number of rotatable bonds is 2. The van der Waals surface area contributed by atoms with Crippen LogP contribution in [0.1, 0.15) is 10.5 Å². The van der Waals surface area contributed by atoms with Gasteiger partial charge in [-0.3, -0.25) is 14.9 Å². The molecule has 0 aliphatic rings. The largest absolute Gasteiger partial charge is 0.364 e. The van der Waals surface area contributed by atoms with Crippen molar-refractivity contribution in [3.63, 3.8) is 0 Å². The molecule has 76 valence electrons. The van der Waals surface area contributed by atoms with Gasteiger partial charge in [-0.1, -0.05) is 0 Å². The first-order chi connectivity index (χ1) is 7.18. The number of amides is 1. The molecule has 3 N–H and O–H groups in total. The molecule has 0 atom stereocenters. The van der Waals surface area contributed by atoms with Gasteiger partial charge in [0, 0.05) is 11.8 Å². The van der Waals surface area contributed by atoms with E-state index in [9.17, 15) is 9.18 Å². The molecule has 2 aromatic heterocycles. The number of halogens is 1. The third kappa shape index (κ3) is 1.69. The number of aromatic amines is 1. The van der Waals surface area contributed by atoms with Gasteiger partial charge in [0.2, 0.25) is 0 Å². The predicted molar refractivity (Wildman–Crippen MR) is 50.3 cm³/mol. The van der Waals surface area contributed by atoms with E-state index in [1.807, 2.05) is 0 Å². The van der Waals surface area contributed by atoms with Crippen LogP contribution < -0.4 is 5.73 Å². The second kappa shape index (κ2) is 3.49. The van der Waals surface area contributed by atoms with E-state index >= 15 is 0 Å². The Bertz CT molecular complexity index is 508. The molecule has 2 aromatic rings. The lowest BCUT2D eigenvalue weighted by Crippen LogP contribution is -2.10. The van der Waals surface area contributed by atoms with Crippen LogP contribution in [0.25, 0.3) is 11.3 Å². The predicted octanol–water partition coefficient (Wildman–Crippen LogP) is 0.710. The van der Waals surface area contributed by atoms with Crippen LogP contribution in [0.3, 0.4) is 0 Å². The molecule has 0 saturated heterocycles. The van der Waals surface area contributed by atoms with Crippen LogP contribution in [0.15, 0.2) is 24.5 Å². The number of carbonyl (C=O) groups excluding carboxylic acids is 1. The van der Waals surface area contributed by atoms with E-state index in [-0.39, 0.29) is 11.3 Å². The van der Waals surface area contributed by atoms with Gasteiger partial charge in [-0.25, -0.2) is 4.39 Å². The molecular formula is C9H7FN4O. The molecule has 0 aromatic carbocycles. The number of aromatic nitrogens is 3. The molecule has 0 spiro atoms. The van der Waals surface area contributed by atoms with E-state index in [1.165, 1.54) is 18.3 Å². The van der Waals surface area contributed by atoms with Crippen LogP contribution in [0.4, 0.5) is 4.39 Å². The highest BCUT2D eigenvalue weighted by molar-refractivity contribution is 5.91. The highest BCUT2D eigenvalue weighted by Gasteiger charge is 2.10. The van der Waals surface area contributed by atoms with Gasteiger partial charge in [-0.05, 0) is 12.1 Å². The zero-order chi connectivity index (χ0) is 10.8. The Morgan fingerprint density at radius 2 is 2.33 bits per heavy atom. The number of hydrogen-bond acceptors (Lipinski definition) is 3. The summed E-state index contributed by atoms with van der Waals surface area (Å²) in [7, 11) is 0. The molecule has 0 radical (unpaired) electrons. The summed E-state index contributed by atoms with van der Waals surface area (Å²) in [5.74, 6) is -1.14. The van der Waals surface area contributed by atoms with Gasteiger partial charge in [0.15, 0.2) is 5.82 Å². The minimum atomic E-state index is -0.636. The molecule has 0 aliphatic heterocycles. The first-order valence-corrected chi connectivity index (χ1v) is 4.13. The van der Waals surface area contributed by atoms with Crippen LogP contribution in [-0.2, 0) is 0 Å². The normalized spacial score (nSPS) is 10.2. The number of pyridine rings is 1. The Morgan fingerprint density at radius 1 is 1.53 bits per heavy atom. The average molecular weight is 206 g/mol. The number of hydrogen-bond donors (Lipinski definition) is 2. The number of nitrogens with two attached hydrogens (primary N) is 1. The van der Waals surface area contributed by atoms with Crippen molar-refractivity contribution in [2.24, 2.45) is 5.73 Å². The average Bonchev–Trinajstić information content (AvgIpc) is 2.67. The van der Waals surface area contributed by atoms with Crippen molar-refractivity contribution < 1.29 is 9.18 Å². The van der Waals surface area contributed by atoms with Crippen LogP contribution >= 0.6 is 0 Å². The first-order valence-electron chi connectivity index (χ1n) is 4.13. The van der Waals surface area contributed by atoms with E-state index in [4.69, 9.17) is 5.73 Å². The molecule has 6 heteroatoms. The second-order valence-electron chi connectivity index (χ2n) is 2.89. The van der Waals surface area contributed by atoms with Crippen molar-refractivity contribution in [3.8, 4) is 11.3 Å². The summed E-state index contributed by atoms with van der Waals surface area (Å²) in [4.78, 5) is 14.4. The molecule has 2 rings (SSSR count). The Labute approximate surface area is 84.1 Å². The van der Waals surface area contributed by atoms with E-state index in [1.54, 1.807) is 0 Å². The summed E-state index contributed by atoms with van der Waals surface area (Å²) in [5, 5.41) is 6.19. The zero-order valence-electron chi connectivity index (χ0n) is 7.57. The van der Waals surface area contributed by atoms with Gasteiger partial charge in [0.05, 0.1) is 11.9 Å². The monoisotopic (exact) mass is 206 g/mol. The molecule has 0 saturated carbocycles. The maximum Gasteiger partial charge on any atom is 0.266 e. The fraction of sp³-hybridized carbons (Fsp3) is 0. The van der Waals surface area contributed by atoms with Crippen LogP contribution in [0.2, 0.25) is 0 Å². The molecule has 5 nitrogen and oxygen atoms in total. The molecule has 0 unspecified atom stereocenters. The lowest BCUT2D eigenvalue weighted by molar-refractivity contribution is 0.0995. The smallest absolute Gasteiger partial charge is 0.266 e. The van der Waals surface area contributed by atoms with E-state index in [0.717, 1.165) is 6.20 Å². The molecule has 1 amide bonds. The third-order valence-corrected chi connectivity index (χ3v) is 1.89. The Kier molecular flexibility index (Phi) is 2.17. The van der Waals surface area contributed by atoms with Crippen molar-refractivity contribution in [1.29, 1.82) is 0 Å². The molecular weight excluding hydrogens is 199 g/mol. The van der Waals surface area contributed by atoms with Crippen LogP contribution in [-0.4, -0.2) is 21.1 Å². The molecule has 0 aliphatic carbocycles. The third-order valence-electron chi connectivity index (χ3n) is 1.89. The van der Waals surface area contributed by atoms with Gasteiger partial charge in [0.1, 0.15) is 5.69 Å². The highest BCUT2D eigenvalue weighted by atomic mass is 19.1. The number of carbonyl (C=O) groups is 1. The molecule has 0 bridgehead atoms. The van der Waals surface area contributed by atoms with Crippen molar-refractivity contribution in [2.75, 3.05) is 0 Å². The highest BCUT2D eigenvalue weighted by Crippen LogP contribution is 2.19. The van der Waals surface area contributed by atoms with Crippen LogP contribution in [0, 0.1) is 5.82 Å². The van der Waals surface area contributed by atoms with Gasteiger partial charge in [0.25, 0.3) is 5.91 Å². The summed E-state index contributed by atoms with van der Waals surface area (Å²) in [6.07, 6.45) is 2.52. The van der Waals surface area contributed by atoms with Crippen LogP contribution in [0.5, 0.6) is 0 Å². The lowest BCUT2D eigenvalue weighted by Gasteiger charge is -1.95. The van der Waals surface area contributed by atoms with E-state index in [0.29, 0.717) is 5.69 Å². The summed E-state index contributed by atoms with van der Waals surface area (Å²) in [5.41, 5.74) is 5.76. The van der Waals surface area contributed by atoms with E-state index in [2.05, 4.69) is 15.2 Å². The van der Waals surface area contributed by atoms with Gasteiger partial charge in [-0.2, -0.15) is 5.10 Å². The number of nitrogens with zero attached hydrogens (tertiary/aromatic N) is 2. The fourth-order valence-corrected chi connectivity index (χ4v) is 1.17. The van der Waals surface area contributed by atoms with Crippen molar-refractivity contribution in [2.45, 2.75) is 0 Å². The topological polar surface area (TPSA) is 84.7 Å². The minimum Gasteiger partial charge on any atom is -0.364 e. The second-order valence-corrected chi connectivity index (χ2v) is 2.89. The molecule has 0 fully saturated rings. The fourth-order valence-electron chi connectivity index (χ4n) is 1.17. The quantitative estimate of drug-likeness (QED) is 0.758. The van der Waals surface area contributed by atoms with Gasteiger partial charge < -0.3 is 5.73 Å². The summed E-state index contributed by atoms with van der Waals surface area (Å²) >= 11 is 0. The van der Waals surface area contributed by atoms with Gasteiger partial charge >= 0.3 is 0 Å². The summed E-state index contributed by atoms with van der Waals surface area (Å²) in [6, 6.07) is 2.86. The lowest BCUT2D eigenvalue weighted by atomic mass is 10.2. The Hall–Kier alpha value is -2.24. The maximum absolute atomic E-state index is 13.3. The van der Waals surface area contributed by atoms with Crippen molar-refractivity contribution in [1.82, 2.24) is 15.2 Å². The Morgan fingerprint density at radius 3 is 2.93 bits per heavy atom. The molecule has 15 heavy (non-hydrogen) atoms. The van der Waals surface area contributed by atoms with Gasteiger partial charge in [-0.15, -0.1) is 0 Å². The number of H-pyrrole nitrogens is 1. The summed E-state index contributed by atoms with van der Waals surface area (Å²) in [6.45, 7) is 0. The first kappa shape index (κ1) is 9.32. The SMILES string of the molecule is NC(=O)c1cc(-c2ccncc2F)n[nH]1. The standard InChI is InChI=1S/C9H7FN4O/c10-6-4-12-2-1-5(6)7-3-8(9(11)15)14-13-7/h1-4H,(H2,11,15)(H,13,14). The maximum atomic E-state index is 13.3. The van der Waals surface area contributed by atoms with Crippen molar-refractivity contribution in [3.05, 3.63) is 36.0 Å². The number of nitrogens with one attached hydrogen (secondary N) is 1. The Balaban J connectivity index is 2.46.